The minimum atomic E-state index is -0.498. The van der Waals surface area contributed by atoms with Gasteiger partial charge in [-0.1, -0.05) is 188 Å². The summed E-state index contributed by atoms with van der Waals surface area (Å²) in [6, 6.07) is 0. The van der Waals surface area contributed by atoms with Gasteiger partial charge in [0.05, 0.1) is 5.60 Å². The Morgan fingerprint density at radius 3 is 1.74 bits per heavy atom. The van der Waals surface area contributed by atoms with E-state index in [4.69, 9.17) is 0 Å². The molecule has 2 rings (SSSR count). The van der Waals surface area contributed by atoms with Crippen LogP contribution in [0.4, 0.5) is 0 Å². The van der Waals surface area contributed by atoms with Crippen molar-refractivity contribution in [2.24, 2.45) is 40.9 Å². The van der Waals surface area contributed by atoms with Gasteiger partial charge in [-0.05, 0) is 106 Å². The smallest absolute Gasteiger partial charge is 0.0591 e. The van der Waals surface area contributed by atoms with Gasteiger partial charge in [0, 0.05) is 0 Å². The van der Waals surface area contributed by atoms with Crippen molar-refractivity contribution in [1.29, 1.82) is 0 Å². The van der Waals surface area contributed by atoms with Gasteiger partial charge in [-0.15, -0.1) is 0 Å². The van der Waals surface area contributed by atoms with Crippen LogP contribution in [0.1, 0.15) is 241 Å². The lowest BCUT2D eigenvalue weighted by molar-refractivity contribution is 0.0618. The van der Waals surface area contributed by atoms with E-state index in [0.717, 1.165) is 41.9 Å². The van der Waals surface area contributed by atoms with Crippen molar-refractivity contribution in [2.45, 2.75) is 247 Å². The zero-order valence-corrected chi connectivity index (χ0v) is 37.3. The summed E-state index contributed by atoms with van der Waals surface area (Å²) in [7, 11) is 0. The zero-order valence-electron chi connectivity index (χ0n) is 37.3. The summed E-state index contributed by atoms with van der Waals surface area (Å²) in [5.74, 6) is 5.25. The Balaban J connectivity index is -0.000000274. The van der Waals surface area contributed by atoms with Gasteiger partial charge in [-0.25, -0.2) is 0 Å². The molecule has 6 atom stereocenters. The van der Waals surface area contributed by atoms with Crippen molar-refractivity contribution in [3.8, 4) is 0 Å². The summed E-state index contributed by atoms with van der Waals surface area (Å²) in [5, 5.41) is 10.0. The second kappa shape index (κ2) is 37.0. The van der Waals surface area contributed by atoms with E-state index in [1.807, 2.05) is 83.1 Å². The fraction of sp³-hybridized carbons (Fsp3) is 0.957. The van der Waals surface area contributed by atoms with Crippen molar-refractivity contribution < 1.29 is 5.11 Å². The normalized spacial score (nSPS) is 23.6. The molecule has 1 fully saturated rings. The molecule has 0 bridgehead atoms. The largest absolute Gasteiger partial charge is 0.390 e. The predicted molar refractivity (Wildman–Crippen MR) is 224 cm³/mol. The van der Waals surface area contributed by atoms with Crippen LogP contribution in [0.5, 0.6) is 0 Å². The van der Waals surface area contributed by atoms with Crippen LogP contribution in [0, 0.1) is 40.9 Å². The summed E-state index contributed by atoms with van der Waals surface area (Å²) < 4.78 is 0. The maximum absolute atomic E-state index is 10.0. The average Bonchev–Trinajstić information content (AvgIpc) is 3.41. The Labute approximate surface area is 303 Å². The quantitative estimate of drug-likeness (QED) is 0.136. The van der Waals surface area contributed by atoms with Crippen LogP contribution in [-0.2, 0) is 0 Å². The first-order chi connectivity index (χ1) is 22.4. The lowest BCUT2D eigenvalue weighted by Gasteiger charge is -2.44. The van der Waals surface area contributed by atoms with E-state index in [-0.39, 0.29) is 0 Å². The highest BCUT2D eigenvalue weighted by atomic mass is 16.3. The number of aliphatic hydroxyl groups is 1. The highest BCUT2D eigenvalue weighted by molar-refractivity contribution is 5.15. The molecule has 6 unspecified atom stereocenters. The van der Waals surface area contributed by atoms with Crippen LogP contribution >= 0.6 is 0 Å². The summed E-state index contributed by atoms with van der Waals surface area (Å²) in [6.45, 7) is 43.0. The third-order valence-electron chi connectivity index (χ3n) is 10.3. The first-order valence-corrected chi connectivity index (χ1v) is 21.9. The molecule has 0 aromatic heterocycles. The van der Waals surface area contributed by atoms with Crippen LogP contribution in [0.25, 0.3) is 0 Å². The molecule has 0 radical (unpaired) electrons. The molecule has 0 saturated heterocycles. The molecule has 0 spiro atoms. The van der Waals surface area contributed by atoms with Gasteiger partial charge < -0.3 is 5.11 Å². The standard InChI is InChI=1S/C28H52O.C8H18.5C2H6/c1-8-12-22-20-23(14-16-25(22)21(3)4)26-17-15-24(28(26,7)18-9-2)13-10-11-19-27(5,6)29;1-4-6-7-8(3)5-2;5*1-2/h16,21-24,26,29H,8-15,17-20H2,1-7H3;8H,4-7H2,1-3H3;5*1-2H3. The average molecular weight is 669 g/mol. The molecule has 2 aliphatic carbocycles. The van der Waals surface area contributed by atoms with Crippen LogP contribution in [0.3, 0.4) is 0 Å². The van der Waals surface area contributed by atoms with Gasteiger partial charge >= 0.3 is 0 Å². The van der Waals surface area contributed by atoms with E-state index >= 15 is 0 Å². The Morgan fingerprint density at radius 2 is 1.32 bits per heavy atom. The molecule has 0 heterocycles. The molecule has 0 aromatic rings. The highest BCUT2D eigenvalue weighted by Crippen LogP contribution is 2.58. The van der Waals surface area contributed by atoms with Gasteiger partial charge in [-0.3, -0.25) is 0 Å². The molecular weight excluding hydrogens is 569 g/mol. The SMILES string of the molecule is CC.CC.CC.CC.CC.CCCC1CC(C2CCC(CCCCC(C)(C)O)C2(C)CCC)CC=C1C(C)C.CCCCC(C)CC. The summed E-state index contributed by atoms with van der Waals surface area (Å²) in [6.07, 6.45) is 24.1. The summed E-state index contributed by atoms with van der Waals surface area (Å²) >= 11 is 0. The molecule has 0 aliphatic heterocycles. The Morgan fingerprint density at radius 1 is 0.766 bits per heavy atom. The number of rotatable bonds is 15. The van der Waals surface area contributed by atoms with Crippen molar-refractivity contribution in [3.63, 3.8) is 0 Å². The zero-order chi connectivity index (χ0) is 38.1. The van der Waals surface area contributed by atoms with Gasteiger partial charge in [0.15, 0.2) is 0 Å². The molecule has 0 amide bonds. The highest BCUT2D eigenvalue weighted by Gasteiger charge is 2.48. The Hall–Kier alpha value is -0.300. The summed E-state index contributed by atoms with van der Waals surface area (Å²) in [5.41, 5.74) is 1.80. The van der Waals surface area contributed by atoms with Crippen LogP contribution in [-0.4, -0.2) is 10.7 Å². The fourth-order valence-corrected chi connectivity index (χ4v) is 7.94. The number of hydrogen-bond acceptors (Lipinski definition) is 1. The molecule has 1 saturated carbocycles. The van der Waals surface area contributed by atoms with E-state index < -0.39 is 5.60 Å². The molecule has 1 heteroatoms. The first-order valence-electron chi connectivity index (χ1n) is 21.9. The van der Waals surface area contributed by atoms with Crippen LogP contribution in [0.2, 0.25) is 0 Å². The van der Waals surface area contributed by atoms with Gasteiger partial charge in [-0.2, -0.15) is 0 Å². The van der Waals surface area contributed by atoms with Crippen molar-refractivity contribution in [1.82, 2.24) is 0 Å². The topological polar surface area (TPSA) is 20.2 Å². The predicted octanol–water partition coefficient (Wildman–Crippen LogP) is 16.9. The molecule has 0 aromatic carbocycles. The monoisotopic (exact) mass is 669 g/mol. The molecular formula is C46H100O. The summed E-state index contributed by atoms with van der Waals surface area (Å²) in [4.78, 5) is 0. The lowest BCUT2D eigenvalue weighted by Crippen LogP contribution is -2.35. The molecule has 2 aliphatic rings. The molecule has 1 N–H and O–H groups in total. The Bertz CT molecular complexity index is 611. The number of hydrogen-bond donors (Lipinski definition) is 1. The van der Waals surface area contributed by atoms with Crippen molar-refractivity contribution in [2.75, 3.05) is 0 Å². The third-order valence-corrected chi connectivity index (χ3v) is 10.3. The van der Waals surface area contributed by atoms with Crippen LogP contribution in [0.15, 0.2) is 11.6 Å². The number of unbranched alkanes of at least 4 members (excludes halogenated alkanes) is 2. The molecule has 47 heavy (non-hydrogen) atoms. The van der Waals surface area contributed by atoms with Gasteiger partial charge in [0.25, 0.3) is 0 Å². The van der Waals surface area contributed by atoms with Gasteiger partial charge in [0.1, 0.15) is 0 Å². The minimum absolute atomic E-state index is 0.498. The second-order valence-corrected chi connectivity index (χ2v) is 14.4. The third kappa shape index (κ3) is 25.3. The van der Waals surface area contributed by atoms with Crippen molar-refractivity contribution >= 4 is 0 Å². The van der Waals surface area contributed by atoms with E-state index in [2.05, 4.69) is 61.5 Å². The van der Waals surface area contributed by atoms with E-state index in [1.54, 1.807) is 5.57 Å². The second-order valence-electron chi connectivity index (χ2n) is 14.4. The lowest BCUT2D eigenvalue weighted by atomic mass is 9.61. The maximum atomic E-state index is 10.0. The molecule has 290 valence electrons. The van der Waals surface area contributed by atoms with Crippen molar-refractivity contribution in [3.05, 3.63) is 11.6 Å². The van der Waals surface area contributed by atoms with E-state index in [9.17, 15) is 5.11 Å². The van der Waals surface area contributed by atoms with E-state index in [0.29, 0.717) is 5.41 Å². The molecule has 1 nitrogen and oxygen atoms in total. The Kier molecular flexibility index (Phi) is 44.1. The van der Waals surface area contributed by atoms with Gasteiger partial charge in [0.2, 0.25) is 0 Å². The van der Waals surface area contributed by atoms with Crippen LogP contribution < -0.4 is 0 Å². The maximum Gasteiger partial charge on any atom is 0.0591 e. The minimum Gasteiger partial charge on any atom is -0.390 e. The fourth-order valence-electron chi connectivity index (χ4n) is 7.94. The van der Waals surface area contributed by atoms with E-state index in [1.165, 1.54) is 96.3 Å². The first kappa shape index (κ1) is 56.1. The number of allylic oxidation sites excluding steroid dienone is 2.